The van der Waals surface area contributed by atoms with E-state index in [2.05, 4.69) is 4.74 Å². The van der Waals surface area contributed by atoms with Crippen molar-refractivity contribution in [2.24, 2.45) is 0 Å². The van der Waals surface area contributed by atoms with Gasteiger partial charge in [-0.25, -0.2) is 0 Å². The molecule has 0 heterocycles. The molecule has 0 N–H and O–H groups in total. The maximum absolute atomic E-state index is 11.9. The summed E-state index contributed by atoms with van der Waals surface area (Å²) in [6, 6.07) is 6.46. The molecule has 1 aromatic rings. The summed E-state index contributed by atoms with van der Waals surface area (Å²) < 4.78 is 28.3. The van der Waals surface area contributed by atoms with Crippen LogP contribution in [0.3, 0.4) is 0 Å². The molecule has 91 valence electrons. The second kappa shape index (κ2) is 9.66. The molecule has 17 heavy (non-hydrogen) atoms. The van der Waals surface area contributed by atoms with Gasteiger partial charge in [0.25, 0.3) is 0 Å². The quantitative estimate of drug-likeness (QED) is 0.530. The van der Waals surface area contributed by atoms with Crippen LogP contribution in [0.2, 0.25) is 0 Å². The fourth-order valence-corrected chi connectivity index (χ4v) is 1.17. The summed E-state index contributed by atoms with van der Waals surface area (Å²) in [4.78, 5) is 10.9. The smallest absolute Gasteiger partial charge is 0.314 e. The Morgan fingerprint density at radius 1 is 1.12 bits per heavy atom. The minimum absolute atomic E-state index is 0. The molecule has 2 nitrogen and oxygen atoms in total. The van der Waals surface area contributed by atoms with Crippen LogP contribution in [-0.2, 0) is 41.9 Å². The maximum Gasteiger partial charge on any atom is 0.314 e. The second-order valence-electron chi connectivity index (χ2n) is 3.08. The van der Waals surface area contributed by atoms with E-state index in [4.69, 9.17) is 0 Å². The van der Waals surface area contributed by atoms with Crippen molar-refractivity contribution in [3.05, 3.63) is 41.8 Å². The van der Waals surface area contributed by atoms with Crippen LogP contribution >= 0.6 is 0 Å². The summed E-state index contributed by atoms with van der Waals surface area (Å²) in [5.74, 6) is -0.342. The number of methoxy groups -OCH3 is 1. The topological polar surface area (TPSA) is 26.3 Å². The average Bonchev–Trinajstić information content (AvgIpc) is 2.20. The summed E-state index contributed by atoms with van der Waals surface area (Å²) in [5.41, 5.74) is 1.29. The second-order valence-corrected chi connectivity index (χ2v) is 3.08. The van der Waals surface area contributed by atoms with E-state index < -0.39 is 6.43 Å². The van der Waals surface area contributed by atoms with E-state index in [1.165, 1.54) is 7.11 Å². The molecule has 0 saturated heterocycles. The van der Waals surface area contributed by atoms with Crippen molar-refractivity contribution in [1.29, 1.82) is 0 Å². The third-order valence-corrected chi connectivity index (χ3v) is 1.94. The van der Waals surface area contributed by atoms with Gasteiger partial charge >= 0.3 is 12.4 Å². The van der Waals surface area contributed by atoms with Crippen LogP contribution < -0.4 is 17.0 Å². The molecule has 0 unspecified atom stereocenters. The summed E-state index contributed by atoms with van der Waals surface area (Å²) in [5, 5.41) is 0. The molecule has 0 aliphatic rings. The minimum atomic E-state index is -1.62. The fourth-order valence-electron chi connectivity index (χ4n) is 1.17. The fraction of sp³-hybridized carbons (Fsp3) is 0.273. The van der Waals surface area contributed by atoms with Gasteiger partial charge in [-0.05, 0) is 11.1 Å². The molecule has 6 heteroatoms. The number of hydrogen-bond donors (Lipinski definition) is 0. The van der Waals surface area contributed by atoms with E-state index in [1.807, 2.05) is 0 Å². The Morgan fingerprint density at radius 2 is 1.53 bits per heavy atom. The van der Waals surface area contributed by atoms with Crippen LogP contribution in [0, 0.1) is 6.43 Å². The summed E-state index contributed by atoms with van der Waals surface area (Å²) in [6.45, 7) is 0. The molecule has 0 amide bonds. The third kappa shape index (κ3) is 7.55. The average molecular weight is 358 g/mol. The summed E-state index contributed by atoms with van der Waals surface area (Å²) >= 11 is 0. The van der Waals surface area contributed by atoms with E-state index in [1.54, 1.807) is 24.3 Å². The number of benzene rings is 1. The van der Waals surface area contributed by atoms with Gasteiger partial charge < -0.3 is 21.7 Å². The normalized spacial score (nSPS) is 9.18. The first-order chi connectivity index (χ1) is 7.11. The van der Waals surface area contributed by atoms with Crippen molar-refractivity contribution in [2.45, 2.75) is 12.8 Å². The number of carbonyl (C=O) groups is 1. The Balaban J connectivity index is 0. The molecule has 0 fully saturated rings. The van der Waals surface area contributed by atoms with Crippen LogP contribution in [0.25, 0.3) is 0 Å². The SMILES string of the molecule is COC(=O)Cc1ccc(C[C](F)F)cc1.[Br-].[Zn]. The molecule has 0 bridgehead atoms. The molecule has 0 spiro atoms. The van der Waals surface area contributed by atoms with Gasteiger partial charge in [-0.15, -0.1) is 0 Å². The largest absolute Gasteiger partial charge is 1.00 e. The standard InChI is InChI=1S/C11H11F2O2.BrH.Zn/c1-15-11(14)7-9-4-2-8(3-5-9)6-10(12)13;;/h2-5H,6-7H2,1H3;1H;/p-1. The maximum atomic E-state index is 11.9. The molecule has 1 rings (SSSR count). The summed E-state index contributed by atoms with van der Waals surface area (Å²) in [7, 11) is 1.31. The molecule has 0 atom stereocenters. The minimum Gasteiger partial charge on any atom is -1.00 e. The predicted molar refractivity (Wildman–Crippen MR) is 51.3 cm³/mol. The Kier molecular flexibility index (Phi) is 10.8. The Morgan fingerprint density at radius 3 is 1.88 bits per heavy atom. The van der Waals surface area contributed by atoms with Crippen molar-refractivity contribution in [1.82, 2.24) is 0 Å². The number of rotatable bonds is 4. The first kappa shape index (κ1) is 19.0. The molecule has 0 aliphatic heterocycles. The van der Waals surface area contributed by atoms with Crippen LogP contribution in [0.1, 0.15) is 11.1 Å². The van der Waals surface area contributed by atoms with E-state index >= 15 is 0 Å². The van der Waals surface area contributed by atoms with Crippen LogP contribution in [0.5, 0.6) is 0 Å². The number of hydrogen-bond acceptors (Lipinski definition) is 2. The third-order valence-electron chi connectivity index (χ3n) is 1.94. The van der Waals surface area contributed by atoms with Gasteiger partial charge in [0.1, 0.15) is 0 Å². The van der Waals surface area contributed by atoms with E-state index in [9.17, 15) is 13.6 Å². The summed E-state index contributed by atoms with van der Waals surface area (Å²) in [6.07, 6.45) is -1.78. The number of halogens is 3. The molecule has 1 aromatic carbocycles. The van der Waals surface area contributed by atoms with Crippen LogP contribution in [0.15, 0.2) is 24.3 Å². The van der Waals surface area contributed by atoms with Crippen LogP contribution in [0.4, 0.5) is 8.78 Å². The monoisotopic (exact) mass is 356 g/mol. The molecule has 0 aliphatic carbocycles. The zero-order chi connectivity index (χ0) is 11.3. The Hall–Kier alpha value is -0.347. The van der Waals surface area contributed by atoms with Gasteiger partial charge in [0.2, 0.25) is 0 Å². The van der Waals surface area contributed by atoms with E-state index in [-0.39, 0.29) is 55.3 Å². The first-order valence-electron chi connectivity index (χ1n) is 4.43. The number of esters is 1. The van der Waals surface area contributed by atoms with Crippen molar-refractivity contribution in [3.63, 3.8) is 0 Å². The van der Waals surface area contributed by atoms with Gasteiger partial charge in [-0.3, -0.25) is 4.79 Å². The van der Waals surface area contributed by atoms with E-state index in [0.717, 1.165) is 5.56 Å². The Labute approximate surface area is 122 Å². The van der Waals surface area contributed by atoms with Crippen LogP contribution in [-0.4, -0.2) is 13.1 Å². The van der Waals surface area contributed by atoms with Gasteiger partial charge in [0.15, 0.2) is 0 Å². The van der Waals surface area contributed by atoms with Gasteiger partial charge in [0.05, 0.1) is 13.5 Å². The van der Waals surface area contributed by atoms with Gasteiger partial charge in [-0.1, -0.05) is 24.3 Å². The van der Waals surface area contributed by atoms with Crippen molar-refractivity contribution >= 4 is 5.97 Å². The number of carbonyl (C=O) groups excluding carboxylic acids is 1. The van der Waals surface area contributed by atoms with Crippen molar-refractivity contribution < 1.29 is 54.8 Å². The van der Waals surface area contributed by atoms with E-state index in [0.29, 0.717) is 5.56 Å². The van der Waals surface area contributed by atoms with Gasteiger partial charge in [-0.2, -0.15) is 8.78 Å². The molecular weight excluding hydrogens is 347 g/mol. The zero-order valence-electron chi connectivity index (χ0n) is 9.38. The molecular formula is C11H11BrF2O2Zn-. The number of ether oxygens (including phenoxy) is 1. The van der Waals surface area contributed by atoms with Crippen molar-refractivity contribution in [2.75, 3.05) is 7.11 Å². The molecule has 1 radical (unpaired) electrons. The molecule has 0 aromatic heterocycles. The zero-order valence-corrected chi connectivity index (χ0v) is 13.9. The Bertz CT molecular complexity index is 331. The van der Waals surface area contributed by atoms with Crippen molar-refractivity contribution in [3.8, 4) is 0 Å². The first-order valence-corrected chi connectivity index (χ1v) is 4.43. The van der Waals surface area contributed by atoms with Gasteiger partial charge in [0, 0.05) is 25.9 Å². The predicted octanol–water partition coefficient (Wildman–Crippen LogP) is -0.625. The molecule has 0 saturated carbocycles.